The minimum atomic E-state index is -1.36. The third-order valence-corrected chi connectivity index (χ3v) is 2.00. The minimum absolute atomic E-state index is 0.160. The first-order valence-electron chi connectivity index (χ1n) is 4.62. The fourth-order valence-electron chi connectivity index (χ4n) is 1.21. The summed E-state index contributed by atoms with van der Waals surface area (Å²) in [5.74, 6) is -1.96. The lowest BCUT2D eigenvalue weighted by molar-refractivity contribution is -0.384. The van der Waals surface area contributed by atoms with E-state index in [0.717, 1.165) is 13.0 Å². The molecule has 0 aliphatic heterocycles. The van der Waals surface area contributed by atoms with Crippen LogP contribution in [0.3, 0.4) is 0 Å². The molecule has 1 aromatic rings. The van der Waals surface area contributed by atoms with Crippen molar-refractivity contribution in [1.29, 1.82) is 0 Å². The van der Waals surface area contributed by atoms with Gasteiger partial charge in [0.05, 0.1) is 4.92 Å². The van der Waals surface area contributed by atoms with E-state index in [1.807, 2.05) is 0 Å². The molecular formula is C11H9NO5. The van der Waals surface area contributed by atoms with Gasteiger partial charge >= 0.3 is 5.97 Å². The SMILES string of the molecule is CC(=O)/C(=C/c1cccc([N+](=O)[O-])c1)C(=O)O. The second kappa shape index (κ2) is 5.02. The number of hydrogen-bond donors (Lipinski definition) is 1. The Morgan fingerprint density at radius 3 is 2.53 bits per heavy atom. The average Bonchev–Trinajstić information content (AvgIpc) is 2.25. The first-order chi connectivity index (χ1) is 7.91. The van der Waals surface area contributed by atoms with E-state index in [9.17, 15) is 19.7 Å². The van der Waals surface area contributed by atoms with Gasteiger partial charge in [-0.05, 0) is 18.6 Å². The summed E-state index contributed by atoms with van der Waals surface area (Å²) >= 11 is 0. The number of carboxylic acid groups (broad SMARTS) is 1. The highest BCUT2D eigenvalue weighted by Crippen LogP contribution is 2.16. The Kier molecular flexibility index (Phi) is 3.71. The van der Waals surface area contributed by atoms with E-state index in [1.165, 1.54) is 24.3 Å². The van der Waals surface area contributed by atoms with Crippen molar-refractivity contribution < 1.29 is 19.6 Å². The smallest absolute Gasteiger partial charge is 0.339 e. The predicted molar refractivity (Wildman–Crippen MR) is 59.4 cm³/mol. The van der Waals surface area contributed by atoms with E-state index >= 15 is 0 Å². The summed E-state index contributed by atoms with van der Waals surface area (Å²) in [6, 6.07) is 5.39. The first-order valence-corrected chi connectivity index (χ1v) is 4.62. The Morgan fingerprint density at radius 2 is 2.06 bits per heavy atom. The molecule has 1 aromatic carbocycles. The molecule has 0 aromatic heterocycles. The number of non-ortho nitro benzene ring substituents is 1. The van der Waals surface area contributed by atoms with Gasteiger partial charge in [0.1, 0.15) is 5.57 Å². The molecule has 0 spiro atoms. The van der Waals surface area contributed by atoms with Crippen molar-refractivity contribution in [3.05, 3.63) is 45.5 Å². The van der Waals surface area contributed by atoms with Crippen LogP contribution in [-0.4, -0.2) is 21.8 Å². The van der Waals surface area contributed by atoms with Gasteiger partial charge in [-0.3, -0.25) is 14.9 Å². The zero-order valence-electron chi connectivity index (χ0n) is 8.91. The van der Waals surface area contributed by atoms with Crippen molar-refractivity contribution in [3.8, 4) is 0 Å². The molecule has 0 amide bonds. The van der Waals surface area contributed by atoms with Gasteiger partial charge in [0.15, 0.2) is 5.78 Å². The summed E-state index contributed by atoms with van der Waals surface area (Å²) in [5, 5.41) is 19.3. The molecule has 17 heavy (non-hydrogen) atoms. The van der Waals surface area contributed by atoms with Crippen LogP contribution in [-0.2, 0) is 9.59 Å². The highest BCUT2D eigenvalue weighted by atomic mass is 16.6. The molecule has 1 N–H and O–H groups in total. The molecule has 0 aliphatic rings. The molecule has 0 unspecified atom stereocenters. The second-order valence-corrected chi connectivity index (χ2v) is 3.27. The molecule has 0 fully saturated rings. The monoisotopic (exact) mass is 235 g/mol. The Labute approximate surface area is 96.3 Å². The van der Waals surface area contributed by atoms with Crippen LogP contribution in [0.25, 0.3) is 6.08 Å². The number of nitro groups is 1. The van der Waals surface area contributed by atoms with E-state index in [1.54, 1.807) is 0 Å². The summed E-state index contributed by atoms with van der Waals surface area (Å²) in [5.41, 5.74) is -0.274. The lowest BCUT2D eigenvalue weighted by atomic mass is 10.1. The van der Waals surface area contributed by atoms with Gasteiger partial charge in [0.25, 0.3) is 5.69 Å². The molecule has 1 rings (SSSR count). The second-order valence-electron chi connectivity index (χ2n) is 3.27. The fourth-order valence-corrected chi connectivity index (χ4v) is 1.21. The number of nitro benzene ring substituents is 1. The topological polar surface area (TPSA) is 97.5 Å². The number of ketones is 1. The van der Waals surface area contributed by atoms with Gasteiger partial charge in [0, 0.05) is 12.1 Å². The largest absolute Gasteiger partial charge is 0.478 e. The van der Waals surface area contributed by atoms with Crippen LogP contribution in [0.4, 0.5) is 5.69 Å². The van der Waals surface area contributed by atoms with E-state index in [-0.39, 0.29) is 5.69 Å². The molecule has 0 saturated heterocycles. The summed E-state index contributed by atoms with van der Waals surface area (Å²) < 4.78 is 0. The first kappa shape index (κ1) is 12.6. The number of carbonyl (C=O) groups is 2. The van der Waals surface area contributed by atoms with Gasteiger partial charge in [-0.1, -0.05) is 12.1 Å². The van der Waals surface area contributed by atoms with Crippen LogP contribution in [0, 0.1) is 10.1 Å². The fraction of sp³-hybridized carbons (Fsp3) is 0.0909. The normalized spacial score (nSPS) is 11.0. The van der Waals surface area contributed by atoms with Crippen molar-refractivity contribution in [2.75, 3.05) is 0 Å². The molecular weight excluding hydrogens is 226 g/mol. The molecule has 0 heterocycles. The van der Waals surface area contributed by atoms with Gasteiger partial charge in [-0.2, -0.15) is 0 Å². The third kappa shape index (κ3) is 3.23. The summed E-state index contributed by atoms with van der Waals surface area (Å²) in [6.07, 6.45) is 1.11. The van der Waals surface area contributed by atoms with Crippen molar-refractivity contribution in [2.45, 2.75) is 6.92 Å². The number of Topliss-reactive ketones (excluding diaryl/α,β-unsaturated/α-hetero) is 1. The lowest BCUT2D eigenvalue weighted by Crippen LogP contribution is -2.08. The number of nitrogens with zero attached hydrogens (tertiary/aromatic N) is 1. The molecule has 0 atom stereocenters. The highest BCUT2D eigenvalue weighted by Gasteiger charge is 2.13. The van der Waals surface area contributed by atoms with Crippen molar-refractivity contribution in [3.63, 3.8) is 0 Å². The highest BCUT2D eigenvalue weighted by molar-refractivity contribution is 6.19. The van der Waals surface area contributed by atoms with Crippen LogP contribution in [0.2, 0.25) is 0 Å². The van der Waals surface area contributed by atoms with Crippen molar-refractivity contribution in [1.82, 2.24) is 0 Å². The molecule has 88 valence electrons. The Morgan fingerprint density at radius 1 is 1.41 bits per heavy atom. The number of hydrogen-bond acceptors (Lipinski definition) is 4. The standard InChI is InChI=1S/C11H9NO5/c1-7(13)10(11(14)15)6-8-3-2-4-9(5-8)12(16)17/h2-6H,1H3,(H,14,15)/b10-6-. The molecule has 0 saturated carbocycles. The molecule has 0 aliphatic carbocycles. The molecule has 6 heteroatoms. The van der Waals surface area contributed by atoms with Crippen LogP contribution >= 0.6 is 0 Å². The number of benzene rings is 1. The number of carbonyl (C=O) groups excluding carboxylic acids is 1. The van der Waals surface area contributed by atoms with Gasteiger partial charge < -0.3 is 5.11 Å². The number of aliphatic carboxylic acids is 1. The van der Waals surface area contributed by atoms with Crippen LogP contribution in [0.15, 0.2) is 29.8 Å². The van der Waals surface area contributed by atoms with Crippen LogP contribution in [0.5, 0.6) is 0 Å². The summed E-state index contributed by atoms with van der Waals surface area (Å²) in [6.45, 7) is 1.12. The third-order valence-electron chi connectivity index (χ3n) is 2.00. The quantitative estimate of drug-likeness (QED) is 0.281. The van der Waals surface area contributed by atoms with Crippen LogP contribution in [0.1, 0.15) is 12.5 Å². The zero-order valence-corrected chi connectivity index (χ0v) is 8.91. The molecule has 0 radical (unpaired) electrons. The van der Waals surface area contributed by atoms with E-state index < -0.39 is 22.2 Å². The van der Waals surface area contributed by atoms with Crippen LogP contribution < -0.4 is 0 Å². The van der Waals surface area contributed by atoms with Crippen molar-refractivity contribution >= 4 is 23.5 Å². The maximum Gasteiger partial charge on any atom is 0.339 e. The Bertz CT molecular complexity index is 502. The van der Waals surface area contributed by atoms with Gasteiger partial charge in [-0.15, -0.1) is 0 Å². The van der Waals surface area contributed by atoms with Crippen molar-refractivity contribution in [2.24, 2.45) is 0 Å². The van der Waals surface area contributed by atoms with E-state index in [2.05, 4.69) is 0 Å². The predicted octanol–water partition coefficient (Wildman–Crippen LogP) is 1.65. The average molecular weight is 235 g/mol. The number of rotatable bonds is 4. The van der Waals surface area contributed by atoms with E-state index in [4.69, 9.17) is 5.11 Å². The maximum atomic E-state index is 11.0. The Balaban J connectivity index is 3.20. The van der Waals surface area contributed by atoms with E-state index in [0.29, 0.717) is 5.56 Å². The number of carboxylic acids is 1. The Hall–Kier alpha value is -2.50. The van der Waals surface area contributed by atoms with Gasteiger partial charge in [0.2, 0.25) is 0 Å². The summed E-state index contributed by atoms with van der Waals surface area (Å²) in [7, 11) is 0. The summed E-state index contributed by atoms with van der Waals surface area (Å²) in [4.78, 5) is 31.7. The maximum absolute atomic E-state index is 11.0. The van der Waals surface area contributed by atoms with Gasteiger partial charge in [-0.25, -0.2) is 4.79 Å². The molecule has 6 nitrogen and oxygen atoms in total. The lowest BCUT2D eigenvalue weighted by Gasteiger charge is -1.98. The zero-order chi connectivity index (χ0) is 13.0. The minimum Gasteiger partial charge on any atom is -0.478 e. The molecule has 0 bridgehead atoms.